The Hall–Kier alpha value is -2.11. The second kappa shape index (κ2) is 6.98. The van der Waals surface area contributed by atoms with Gasteiger partial charge in [0.1, 0.15) is 0 Å². The summed E-state index contributed by atoms with van der Waals surface area (Å²) in [6.07, 6.45) is 1.28. The average molecular weight is 351 g/mol. The number of hydrogen-bond acceptors (Lipinski definition) is 4. The summed E-state index contributed by atoms with van der Waals surface area (Å²) in [5.74, 6) is -0.916. The summed E-state index contributed by atoms with van der Waals surface area (Å²) in [5.41, 5.74) is 1.45. The molecule has 0 N–H and O–H groups in total. The van der Waals surface area contributed by atoms with Crippen LogP contribution >= 0.6 is 11.6 Å². The monoisotopic (exact) mass is 350 g/mol. The molecule has 6 heteroatoms. The Bertz CT molecular complexity index is 835. The molecule has 0 aliphatic heterocycles. The molecule has 0 fully saturated rings. The molecule has 4 nitrogen and oxygen atoms in total. The summed E-state index contributed by atoms with van der Waals surface area (Å²) in [5, 5.41) is 0.517. The molecule has 2 rings (SSSR count). The Kier molecular flexibility index (Phi) is 5.23. The summed E-state index contributed by atoms with van der Waals surface area (Å²) in [7, 11) is -2.84. The Morgan fingerprint density at radius 3 is 2.13 bits per heavy atom. The van der Waals surface area contributed by atoms with Crippen LogP contribution in [0, 0.1) is 6.92 Å². The van der Waals surface area contributed by atoms with Crippen LogP contribution < -0.4 is 0 Å². The van der Waals surface area contributed by atoms with Gasteiger partial charge >= 0.3 is 5.97 Å². The third-order valence-electron chi connectivity index (χ3n) is 3.18. The first-order chi connectivity index (χ1) is 10.8. The zero-order valence-corrected chi connectivity index (χ0v) is 14.2. The van der Waals surface area contributed by atoms with E-state index in [9.17, 15) is 13.2 Å². The van der Waals surface area contributed by atoms with E-state index in [1.54, 1.807) is 36.4 Å². The molecule has 0 aromatic heterocycles. The summed E-state index contributed by atoms with van der Waals surface area (Å²) < 4.78 is 30.1. The number of hydrogen-bond donors (Lipinski definition) is 0. The summed E-state index contributed by atoms with van der Waals surface area (Å²) in [6.45, 7) is 1.85. The number of benzene rings is 2. The zero-order chi connectivity index (χ0) is 17.0. The molecule has 120 valence electrons. The minimum atomic E-state index is -3.98. The predicted molar refractivity (Wildman–Crippen MR) is 89.8 cm³/mol. The first-order valence-corrected chi connectivity index (χ1v) is 8.58. The van der Waals surface area contributed by atoms with Crippen LogP contribution in [0.1, 0.15) is 11.1 Å². The van der Waals surface area contributed by atoms with Crippen LogP contribution in [-0.2, 0) is 19.4 Å². The van der Waals surface area contributed by atoms with Gasteiger partial charge in [0.15, 0.2) is 4.91 Å². The van der Waals surface area contributed by atoms with Crippen molar-refractivity contribution >= 4 is 33.5 Å². The third kappa shape index (κ3) is 4.00. The van der Waals surface area contributed by atoms with Gasteiger partial charge in [-0.2, -0.15) is 0 Å². The van der Waals surface area contributed by atoms with Crippen molar-refractivity contribution in [3.63, 3.8) is 0 Å². The van der Waals surface area contributed by atoms with Crippen LogP contribution in [-0.4, -0.2) is 21.5 Å². The van der Waals surface area contributed by atoms with Gasteiger partial charge in [-0.15, -0.1) is 0 Å². The van der Waals surface area contributed by atoms with Crippen molar-refractivity contribution in [1.29, 1.82) is 0 Å². The lowest BCUT2D eigenvalue weighted by molar-refractivity contribution is -0.135. The summed E-state index contributed by atoms with van der Waals surface area (Å²) in [4.78, 5) is 11.6. The molecule has 0 heterocycles. The normalized spacial score (nSPS) is 12.0. The van der Waals surface area contributed by atoms with Crippen molar-refractivity contribution in [1.82, 2.24) is 0 Å². The fourth-order valence-corrected chi connectivity index (χ4v) is 3.37. The van der Waals surface area contributed by atoms with Crippen molar-refractivity contribution in [2.75, 3.05) is 7.11 Å². The van der Waals surface area contributed by atoms with Gasteiger partial charge in [-0.05, 0) is 42.8 Å². The molecule has 0 aliphatic carbocycles. The molecule has 2 aromatic carbocycles. The highest BCUT2D eigenvalue weighted by Crippen LogP contribution is 2.23. The number of aryl methyl sites for hydroxylation is 1. The van der Waals surface area contributed by atoms with Crippen LogP contribution in [0.3, 0.4) is 0 Å². The first-order valence-electron chi connectivity index (χ1n) is 6.72. The van der Waals surface area contributed by atoms with Gasteiger partial charge in [0, 0.05) is 5.02 Å². The quantitative estimate of drug-likeness (QED) is 0.624. The van der Waals surface area contributed by atoms with E-state index in [-0.39, 0.29) is 4.90 Å². The lowest BCUT2D eigenvalue weighted by Crippen LogP contribution is -2.15. The van der Waals surface area contributed by atoms with Gasteiger partial charge < -0.3 is 4.74 Å². The standard InChI is InChI=1S/C17H15ClO4S/c1-12-3-9-15(10-4-12)23(20,21)16(17(19)22-2)11-13-5-7-14(18)8-6-13/h3-11H,1-2H3. The molecule has 2 aromatic rings. The second-order valence-corrected chi connectivity index (χ2v) is 7.22. The van der Waals surface area contributed by atoms with Crippen molar-refractivity contribution in [2.24, 2.45) is 0 Å². The minimum Gasteiger partial charge on any atom is -0.465 e. The highest BCUT2D eigenvalue weighted by molar-refractivity contribution is 7.96. The van der Waals surface area contributed by atoms with Gasteiger partial charge in [0.25, 0.3) is 0 Å². The number of sulfone groups is 1. The third-order valence-corrected chi connectivity index (χ3v) is 5.18. The number of ether oxygens (including phenoxy) is 1. The van der Waals surface area contributed by atoms with Crippen molar-refractivity contribution in [3.8, 4) is 0 Å². The highest BCUT2D eigenvalue weighted by Gasteiger charge is 2.27. The average Bonchev–Trinajstić information content (AvgIpc) is 2.54. The molecule has 0 aliphatic rings. The molecular formula is C17H15ClO4S. The molecular weight excluding hydrogens is 336 g/mol. The van der Waals surface area contributed by atoms with Crippen LogP contribution in [0.15, 0.2) is 58.3 Å². The second-order valence-electron chi connectivity index (χ2n) is 4.87. The maximum atomic E-state index is 12.7. The number of halogens is 1. The van der Waals surface area contributed by atoms with E-state index in [4.69, 9.17) is 11.6 Å². The Morgan fingerprint density at radius 1 is 1.04 bits per heavy atom. The summed E-state index contributed by atoms with van der Waals surface area (Å²) in [6, 6.07) is 12.7. The van der Waals surface area contributed by atoms with Crippen molar-refractivity contribution < 1.29 is 17.9 Å². The Balaban J connectivity index is 2.56. The number of esters is 1. The van der Waals surface area contributed by atoms with Crippen LogP contribution in [0.25, 0.3) is 6.08 Å². The smallest absolute Gasteiger partial charge is 0.349 e. The van der Waals surface area contributed by atoms with E-state index >= 15 is 0 Å². The van der Waals surface area contributed by atoms with Gasteiger partial charge in [-0.3, -0.25) is 0 Å². The van der Waals surface area contributed by atoms with E-state index in [1.165, 1.54) is 18.2 Å². The minimum absolute atomic E-state index is 0.0358. The predicted octanol–water partition coefficient (Wildman–Crippen LogP) is 3.64. The van der Waals surface area contributed by atoms with Crippen molar-refractivity contribution in [3.05, 3.63) is 69.6 Å². The maximum absolute atomic E-state index is 12.7. The maximum Gasteiger partial charge on any atom is 0.349 e. The Labute approximate surface area is 140 Å². The fourth-order valence-electron chi connectivity index (χ4n) is 1.90. The zero-order valence-electron chi connectivity index (χ0n) is 12.6. The van der Waals surface area contributed by atoms with Gasteiger partial charge in [-0.25, -0.2) is 13.2 Å². The van der Waals surface area contributed by atoms with Crippen LogP contribution in [0.5, 0.6) is 0 Å². The first kappa shape index (κ1) is 17.2. The number of methoxy groups -OCH3 is 1. The van der Waals surface area contributed by atoms with Gasteiger partial charge in [-0.1, -0.05) is 41.4 Å². The van der Waals surface area contributed by atoms with E-state index in [0.29, 0.717) is 10.6 Å². The van der Waals surface area contributed by atoms with E-state index in [1.807, 2.05) is 6.92 Å². The molecule has 0 amide bonds. The molecule has 0 unspecified atom stereocenters. The number of carbonyl (C=O) groups is 1. The SMILES string of the molecule is COC(=O)C(=Cc1ccc(Cl)cc1)S(=O)(=O)c1ccc(C)cc1. The number of rotatable bonds is 4. The highest BCUT2D eigenvalue weighted by atomic mass is 35.5. The fraction of sp³-hybridized carbons (Fsp3) is 0.118. The molecule has 0 saturated carbocycles. The number of carbonyl (C=O) groups excluding carboxylic acids is 1. The van der Waals surface area contributed by atoms with Crippen LogP contribution in [0.4, 0.5) is 0 Å². The largest absolute Gasteiger partial charge is 0.465 e. The van der Waals surface area contributed by atoms with Crippen molar-refractivity contribution in [2.45, 2.75) is 11.8 Å². The lowest BCUT2D eigenvalue weighted by atomic mass is 10.2. The van der Waals surface area contributed by atoms with E-state index in [0.717, 1.165) is 12.7 Å². The molecule has 23 heavy (non-hydrogen) atoms. The molecule has 0 atom stereocenters. The topological polar surface area (TPSA) is 60.4 Å². The molecule has 0 radical (unpaired) electrons. The lowest BCUT2D eigenvalue weighted by Gasteiger charge is -2.08. The molecule has 0 saturated heterocycles. The van der Waals surface area contributed by atoms with Gasteiger partial charge in [0.05, 0.1) is 12.0 Å². The van der Waals surface area contributed by atoms with E-state index < -0.39 is 20.7 Å². The van der Waals surface area contributed by atoms with E-state index in [2.05, 4.69) is 4.74 Å². The van der Waals surface area contributed by atoms with Gasteiger partial charge in [0.2, 0.25) is 9.84 Å². The summed E-state index contributed by atoms with van der Waals surface area (Å²) >= 11 is 5.81. The molecule has 0 spiro atoms. The molecule has 0 bridgehead atoms. The Morgan fingerprint density at radius 2 is 1.61 bits per heavy atom. The van der Waals surface area contributed by atoms with Crippen LogP contribution in [0.2, 0.25) is 5.02 Å².